The molecule has 0 heterocycles. The highest BCUT2D eigenvalue weighted by Gasteiger charge is 2.65. The van der Waals surface area contributed by atoms with Crippen LogP contribution in [-0.2, 0) is 19.1 Å². The van der Waals surface area contributed by atoms with Gasteiger partial charge in [-0.25, -0.2) is 9.59 Å². The molecule has 20 heavy (non-hydrogen) atoms. The SMILES string of the molecule is C=C(C)C(=O)OC1(OC(=O)C(=C)C)CCC12CCCC2. The monoisotopic (exact) mass is 278 g/mol. The molecule has 0 aromatic carbocycles. The Morgan fingerprint density at radius 1 is 0.850 bits per heavy atom. The Morgan fingerprint density at radius 3 is 1.60 bits per heavy atom. The van der Waals surface area contributed by atoms with E-state index < -0.39 is 17.7 Å². The van der Waals surface area contributed by atoms with Crippen LogP contribution in [-0.4, -0.2) is 17.7 Å². The fraction of sp³-hybridized carbons (Fsp3) is 0.625. The van der Waals surface area contributed by atoms with E-state index in [-0.39, 0.29) is 5.41 Å². The van der Waals surface area contributed by atoms with Crippen LogP contribution in [0.3, 0.4) is 0 Å². The van der Waals surface area contributed by atoms with E-state index in [1.165, 1.54) is 0 Å². The minimum atomic E-state index is -1.12. The first kappa shape index (κ1) is 14.8. The van der Waals surface area contributed by atoms with Crippen LogP contribution >= 0.6 is 0 Å². The smallest absolute Gasteiger partial charge is 0.336 e. The molecule has 0 aromatic rings. The zero-order valence-electron chi connectivity index (χ0n) is 12.3. The van der Waals surface area contributed by atoms with Gasteiger partial charge in [-0.3, -0.25) is 0 Å². The number of ether oxygens (including phenoxy) is 2. The second kappa shape index (κ2) is 5.08. The van der Waals surface area contributed by atoms with E-state index in [0.717, 1.165) is 32.1 Å². The maximum absolute atomic E-state index is 11.9. The van der Waals surface area contributed by atoms with Crippen LogP contribution in [0.25, 0.3) is 0 Å². The summed E-state index contributed by atoms with van der Waals surface area (Å²) in [6.07, 6.45) is 5.51. The Morgan fingerprint density at radius 2 is 1.30 bits per heavy atom. The molecule has 2 rings (SSSR count). The van der Waals surface area contributed by atoms with Gasteiger partial charge in [0.1, 0.15) is 0 Å². The maximum Gasteiger partial charge on any atom is 0.336 e. The molecule has 0 bridgehead atoms. The van der Waals surface area contributed by atoms with Gasteiger partial charge in [0.2, 0.25) is 0 Å². The molecule has 0 amide bonds. The van der Waals surface area contributed by atoms with Crippen molar-refractivity contribution in [2.45, 2.75) is 58.2 Å². The van der Waals surface area contributed by atoms with Crippen LogP contribution in [0.5, 0.6) is 0 Å². The molecule has 0 unspecified atom stereocenters. The van der Waals surface area contributed by atoms with Crippen molar-refractivity contribution in [3.8, 4) is 0 Å². The molecule has 0 atom stereocenters. The molecule has 2 aliphatic carbocycles. The summed E-state index contributed by atoms with van der Waals surface area (Å²) in [5, 5.41) is 0. The van der Waals surface area contributed by atoms with E-state index in [1.54, 1.807) is 13.8 Å². The zero-order chi connectivity index (χ0) is 15.0. The summed E-state index contributed by atoms with van der Waals surface area (Å²) in [6.45, 7) is 10.4. The third-order valence-corrected chi connectivity index (χ3v) is 4.51. The first-order chi connectivity index (χ1) is 9.32. The molecule has 2 aliphatic rings. The first-order valence-electron chi connectivity index (χ1n) is 7.10. The van der Waals surface area contributed by atoms with Gasteiger partial charge in [0, 0.05) is 23.0 Å². The Balaban J connectivity index is 2.24. The van der Waals surface area contributed by atoms with Gasteiger partial charge in [-0.1, -0.05) is 26.0 Å². The van der Waals surface area contributed by atoms with Crippen LogP contribution in [0.1, 0.15) is 52.4 Å². The van der Waals surface area contributed by atoms with E-state index in [1.807, 2.05) is 0 Å². The third-order valence-electron chi connectivity index (χ3n) is 4.51. The number of rotatable bonds is 4. The van der Waals surface area contributed by atoms with E-state index in [2.05, 4.69) is 13.2 Å². The normalized spacial score (nSPS) is 21.9. The van der Waals surface area contributed by atoms with Crippen molar-refractivity contribution in [2.75, 3.05) is 0 Å². The highest BCUT2D eigenvalue weighted by atomic mass is 16.7. The summed E-state index contributed by atoms with van der Waals surface area (Å²) < 4.78 is 11.1. The maximum atomic E-state index is 11.9. The largest absolute Gasteiger partial charge is 0.418 e. The van der Waals surface area contributed by atoms with Gasteiger partial charge in [0.05, 0.1) is 0 Å². The second-order valence-electron chi connectivity index (χ2n) is 6.08. The van der Waals surface area contributed by atoms with Crippen molar-refractivity contribution in [1.29, 1.82) is 0 Å². The van der Waals surface area contributed by atoms with E-state index in [9.17, 15) is 9.59 Å². The number of carbonyl (C=O) groups is 2. The average molecular weight is 278 g/mol. The molecule has 1 spiro atoms. The van der Waals surface area contributed by atoms with Crippen LogP contribution in [0.4, 0.5) is 0 Å². The van der Waals surface area contributed by atoms with Gasteiger partial charge in [0.25, 0.3) is 5.79 Å². The molecule has 2 fully saturated rings. The molecule has 2 saturated carbocycles. The summed E-state index contributed by atoms with van der Waals surface area (Å²) in [5.74, 6) is -2.11. The highest BCUT2D eigenvalue weighted by molar-refractivity contribution is 5.89. The number of esters is 2. The summed E-state index contributed by atoms with van der Waals surface area (Å²) in [7, 11) is 0. The Labute approximate surface area is 119 Å². The Bertz CT molecular complexity index is 441. The van der Waals surface area contributed by atoms with Crippen LogP contribution in [0.2, 0.25) is 0 Å². The lowest BCUT2D eigenvalue weighted by Crippen LogP contribution is -2.61. The predicted molar refractivity (Wildman–Crippen MR) is 74.7 cm³/mol. The molecule has 4 heteroatoms. The average Bonchev–Trinajstić information content (AvgIpc) is 2.87. The molecule has 110 valence electrons. The zero-order valence-corrected chi connectivity index (χ0v) is 12.3. The lowest BCUT2D eigenvalue weighted by atomic mass is 9.61. The van der Waals surface area contributed by atoms with Gasteiger partial charge in [-0.15, -0.1) is 0 Å². The Hall–Kier alpha value is -1.58. The van der Waals surface area contributed by atoms with Crippen molar-refractivity contribution in [2.24, 2.45) is 5.41 Å². The molecule has 0 N–H and O–H groups in total. The molecular weight excluding hydrogens is 256 g/mol. The Kier molecular flexibility index (Phi) is 3.76. The molecular formula is C16H22O4. The highest BCUT2D eigenvalue weighted by Crippen LogP contribution is 2.62. The van der Waals surface area contributed by atoms with E-state index in [4.69, 9.17) is 9.47 Å². The topological polar surface area (TPSA) is 52.6 Å². The van der Waals surface area contributed by atoms with Crippen LogP contribution in [0, 0.1) is 5.41 Å². The number of hydrogen-bond donors (Lipinski definition) is 0. The third kappa shape index (κ3) is 2.28. The van der Waals surface area contributed by atoms with Gasteiger partial charge < -0.3 is 9.47 Å². The minimum absolute atomic E-state index is 0.205. The quantitative estimate of drug-likeness (QED) is 0.450. The minimum Gasteiger partial charge on any atom is -0.418 e. The van der Waals surface area contributed by atoms with Gasteiger partial charge in [-0.05, 0) is 33.1 Å². The van der Waals surface area contributed by atoms with Crippen LogP contribution in [0.15, 0.2) is 24.3 Å². The van der Waals surface area contributed by atoms with Crippen molar-refractivity contribution in [1.82, 2.24) is 0 Å². The van der Waals surface area contributed by atoms with Crippen molar-refractivity contribution >= 4 is 11.9 Å². The molecule has 4 nitrogen and oxygen atoms in total. The summed E-state index contributed by atoms with van der Waals surface area (Å²) in [5.41, 5.74) is 0.426. The molecule has 0 aromatic heterocycles. The standard InChI is InChI=1S/C16H22O4/c1-11(2)13(17)19-16(20-14(18)12(3)4)10-9-15(16)7-5-6-8-15/h1,3,5-10H2,2,4H3. The summed E-state index contributed by atoms with van der Waals surface area (Å²) in [6, 6.07) is 0. The second-order valence-corrected chi connectivity index (χ2v) is 6.08. The number of hydrogen-bond acceptors (Lipinski definition) is 4. The lowest BCUT2D eigenvalue weighted by molar-refractivity contribution is -0.314. The molecule has 0 radical (unpaired) electrons. The van der Waals surface area contributed by atoms with Crippen molar-refractivity contribution in [3.63, 3.8) is 0 Å². The summed E-state index contributed by atoms with van der Waals surface area (Å²) in [4.78, 5) is 23.8. The molecule has 0 saturated heterocycles. The predicted octanol–water partition coefficient (Wildman–Crippen LogP) is 3.28. The van der Waals surface area contributed by atoms with Gasteiger partial charge >= 0.3 is 11.9 Å². The first-order valence-corrected chi connectivity index (χ1v) is 7.10. The van der Waals surface area contributed by atoms with Gasteiger partial charge in [-0.2, -0.15) is 0 Å². The fourth-order valence-corrected chi connectivity index (χ4v) is 3.18. The van der Waals surface area contributed by atoms with Crippen LogP contribution < -0.4 is 0 Å². The van der Waals surface area contributed by atoms with Gasteiger partial charge in [0.15, 0.2) is 0 Å². The van der Waals surface area contributed by atoms with Crippen molar-refractivity contribution in [3.05, 3.63) is 24.3 Å². The summed E-state index contributed by atoms with van der Waals surface area (Å²) >= 11 is 0. The molecule has 0 aliphatic heterocycles. The lowest BCUT2D eigenvalue weighted by Gasteiger charge is -2.54. The van der Waals surface area contributed by atoms with E-state index in [0.29, 0.717) is 17.6 Å². The fourth-order valence-electron chi connectivity index (χ4n) is 3.18. The van der Waals surface area contributed by atoms with E-state index >= 15 is 0 Å². The van der Waals surface area contributed by atoms with Crippen molar-refractivity contribution < 1.29 is 19.1 Å². The number of carbonyl (C=O) groups excluding carboxylic acids is 2.